The Morgan fingerprint density at radius 2 is 2.21 bits per heavy atom. The summed E-state index contributed by atoms with van der Waals surface area (Å²) in [6, 6.07) is 3.15. The summed E-state index contributed by atoms with van der Waals surface area (Å²) >= 11 is 0. The number of nitrogens with two attached hydrogens (primary N) is 1. The van der Waals surface area contributed by atoms with E-state index >= 15 is 0 Å². The Morgan fingerprint density at radius 3 is 2.89 bits per heavy atom. The normalized spacial score (nSPS) is 10.9. The van der Waals surface area contributed by atoms with Crippen molar-refractivity contribution in [3.63, 3.8) is 0 Å². The average Bonchev–Trinajstić information content (AvgIpc) is 2.93. The van der Waals surface area contributed by atoms with Crippen LogP contribution in [0.1, 0.15) is 0 Å². The van der Waals surface area contributed by atoms with E-state index in [0.29, 0.717) is 16.7 Å². The smallest absolute Gasteiger partial charge is 0.415 e. The largest absolute Gasteiger partial charge is 0.464 e. The molecule has 8 heteroatoms. The van der Waals surface area contributed by atoms with E-state index in [1.165, 1.54) is 29.2 Å². The number of fused-ring (bicyclic) bond motifs is 1. The van der Waals surface area contributed by atoms with Crippen molar-refractivity contribution >= 4 is 22.9 Å². The van der Waals surface area contributed by atoms with Crippen molar-refractivity contribution < 1.29 is 9.90 Å². The van der Waals surface area contributed by atoms with Gasteiger partial charge in [0.2, 0.25) is 0 Å². The van der Waals surface area contributed by atoms with Gasteiger partial charge in [0.25, 0.3) is 0 Å². The lowest BCUT2D eigenvalue weighted by Crippen LogP contribution is -2.14. The number of anilines is 1. The van der Waals surface area contributed by atoms with Crippen LogP contribution in [0.25, 0.3) is 16.7 Å². The molecule has 96 valence electrons. The number of aromatic nitrogens is 4. The molecule has 0 amide bonds. The van der Waals surface area contributed by atoms with Gasteiger partial charge in [-0.1, -0.05) is 0 Å². The average molecular weight is 259 g/mol. The molecule has 0 spiro atoms. The highest BCUT2D eigenvalue weighted by atomic mass is 16.4. The first-order valence-corrected chi connectivity index (χ1v) is 5.35. The SMILES string of the molecule is Nc1nccc2c1[nH]c(=O)n2-c1ccn(C(=O)O)c1. The predicted molar refractivity (Wildman–Crippen MR) is 67.5 cm³/mol. The first-order valence-electron chi connectivity index (χ1n) is 5.35. The molecule has 0 aromatic carbocycles. The van der Waals surface area contributed by atoms with Crippen LogP contribution in [-0.4, -0.2) is 30.3 Å². The van der Waals surface area contributed by atoms with Gasteiger partial charge in [-0.15, -0.1) is 0 Å². The van der Waals surface area contributed by atoms with Gasteiger partial charge in [-0.3, -0.25) is 9.13 Å². The van der Waals surface area contributed by atoms with Crippen LogP contribution in [0, 0.1) is 0 Å². The Hall–Kier alpha value is -3.03. The molecule has 0 saturated carbocycles. The van der Waals surface area contributed by atoms with Gasteiger partial charge < -0.3 is 15.8 Å². The highest BCUT2D eigenvalue weighted by Crippen LogP contribution is 2.18. The number of nitrogens with zero attached hydrogens (tertiary/aromatic N) is 3. The van der Waals surface area contributed by atoms with Crippen molar-refractivity contribution in [1.29, 1.82) is 0 Å². The van der Waals surface area contributed by atoms with Gasteiger partial charge in [0.15, 0.2) is 0 Å². The second-order valence-corrected chi connectivity index (χ2v) is 3.92. The van der Waals surface area contributed by atoms with E-state index in [0.717, 1.165) is 4.57 Å². The van der Waals surface area contributed by atoms with Gasteiger partial charge in [-0.25, -0.2) is 14.6 Å². The van der Waals surface area contributed by atoms with Crippen LogP contribution < -0.4 is 11.4 Å². The molecule has 0 bridgehead atoms. The summed E-state index contributed by atoms with van der Waals surface area (Å²) in [6.07, 6.45) is 3.05. The number of nitrogens with one attached hydrogen (secondary N) is 1. The number of pyridine rings is 1. The third-order valence-corrected chi connectivity index (χ3v) is 2.79. The number of H-pyrrole nitrogens is 1. The molecule has 0 fully saturated rings. The van der Waals surface area contributed by atoms with Crippen molar-refractivity contribution in [2.45, 2.75) is 0 Å². The number of carbonyl (C=O) groups is 1. The van der Waals surface area contributed by atoms with E-state index in [4.69, 9.17) is 10.8 Å². The van der Waals surface area contributed by atoms with Crippen LogP contribution in [0.4, 0.5) is 10.6 Å². The molecule has 0 unspecified atom stereocenters. The maximum atomic E-state index is 11.9. The Morgan fingerprint density at radius 1 is 1.42 bits per heavy atom. The monoisotopic (exact) mass is 259 g/mol. The molecule has 0 aliphatic heterocycles. The summed E-state index contributed by atoms with van der Waals surface area (Å²) in [5.74, 6) is 0.214. The van der Waals surface area contributed by atoms with E-state index < -0.39 is 11.8 Å². The van der Waals surface area contributed by atoms with Crippen LogP contribution in [-0.2, 0) is 0 Å². The van der Waals surface area contributed by atoms with Gasteiger partial charge in [-0.05, 0) is 12.1 Å². The molecule has 3 aromatic rings. The summed E-state index contributed by atoms with van der Waals surface area (Å²) in [5, 5.41) is 8.86. The summed E-state index contributed by atoms with van der Waals surface area (Å²) in [6.45, 7) is 0. The summed E-state index contributed by atoms with van der Waals surface area (Å²) in [7, 11) is 0. The number of nitrogen functional groups attached to an aromatic ring is 1. The van der Waals surface area contributed by atoms with E-state index in [-0.39, 0.29) is 5.82 Å². The molecule has 8 nitrogen and oxygen atoms in total. The number of hydrogen-bond donors (Lipinski definition) is 3. The van der Waals surface area contributed by atoms with Gasteiger partial charge >= 0.3 is 11.8 Å². The van der Waals surface area contributed by atoms with Gasteiger partial charge in [0.05, 0.1) is 11.2 Å². The van der Waals surface area contributed by atoms with Crippen LogP contribution in [0.2, 0.25) is 0 Å². The molecule has 0 aliphatic carbocycles. The maximum absolute atomic E-state index is 11.9. The Balaban J connectivity index is 2.30. The van der Waals surface area contributed by atoms with E-state index in [1.54, 1.807) is 6.07 Å². The van der Waals surface area contributed by atoms with Crippen LogP contribution in [0.5, 0.6) is 0 Å². The molecule has 0 atom stereocenters. The van der Waals surface area contributed by atoms with Crippen LogP contribution in [0.3, 0.4) is 0 Å². The Labute approximate surface area is 105 Å². The zero-order valence-corrected chi connectivity index (χ0v) is 9.57. The van der Waals surface area contributed by atoms with Gasteiger partial charge in [0.1, 0.15) is 11.3 Å². The van der Waals surface area contributed by atoms with Gasteiger partial charge in [-0.2, -0.15) is 0 Å². The minimum Gasteiger partial charge on any atom is -0.464 e. The van der Waals surface area contributed by atoms with Crippen molar-refractivity contribution in [3.8, 4) is 5.69 Å². The van der Waals surface area contributed by atoms with E-state index in [9.17, 15) is 9.59 Å². The molecular weight excluding hydrogens is 250 g/mol. The zero-order chi connectivity index (χ0) is 13.6. The Bertz CT molecular complexity index is 842. The number of rotatable bonds is 1. The van der Waals surface area contributed by atoms with Crippen molar-refractivity contribution in [2.24, 2.45) is 0 Å². The third-order valence-electron chi connectivity index (χ3n) is 2.79. The number of hydrogen-bond acceptors (Lipinski definition) is 4. The lowest BCUT2D eigenvalue weighted by molar-refractivity contribution is 0.196. The molecule has 0 aliphatic rings. The first kappa shape index (κ1) is 11.1. The highest BCUT2D eigenvalue weighted by molar-refractivity contribution is 5.85. The highest BCUT2D eigenvalue weighted by Gasteiger charge is 2.13. The number of imidazole rings is 1. The van der Waals surface area contributed by atoms with Crippen molar-refractivity contribution in [2.75, 3.05) is 5.73 Å². The standard InChI is InChI=1S/C11H9N5O3/c12-9-8-7(1-3-13-9)16(10(17)14-8)6-2-4-15(5-6)11(18)19/h1-5H,(H2,12,13)(H,14,17)(H,18,19). The molecule has 3 heterocycles. The zero-order valence-electron chi connectivity index (χ0n) is 9.57. The van der Waals surface area contributed by atoms with E-state index in [1.807, 2.05) is 0 Å². The fourth-order valence-electron chi connectivity index (χ4n) is 1.95. The Kier molecular flexibility index (Phi) is 2.18. The minimum atomic E-state index is -1.12. The summed E-state index contributed by atoms with van der Waals surface area (Å²) < 4.78 is 2.30. The molecule has 3 rings (SSSR count). The molecule has 4 N–H and O–H groups in total. The second-order valence-electron chi connectivity index (χ2n) is 3.92. The second kappa shape index (κ2) is 3.73. The quantitative estimate of drug-likeness (QED) is 0.592. The summed E-state index contributed by atoms with van der Waals surface area (Å²) in [5.41, 5.74) is 6.67. The molecule has 3 aromatic heterocycles. The van der Waals surface area contributed by atoms with Crippen molar-refractivity contribution in [1.82, 2.24) is 19.1 Å². The maximum Gasteiger partial charge on any atom is 0.415 e. The molecular formula is C11H9N5O3. The first-order chi connectivity index (χ1) is 9.08. The fraction of sp³-hybridized carbons (Fsp3) is 0. The van der Waals surface area contributed by atoms with Crippen LogP contribution in [0.15, 0.2) is 35.5 Å². The van der Waals surface area contributed by atoms with Gasteiger partial charge in [0, 0.05) is 18.6 Å². The summed E-state index contributed by atoms with van der Waals surface area (Å²) in [4.78, 5) is 29.2. The van der Waals surface area contributed by atoms with Crippen LogP contribution >= 0.6 is 0 Å². The number of carboxylic acid groups (broad SMARTS) is 1. The topological polar surface area (TPSA) is 119 Å². The lowest BCUT2D eigenvalue weighted by atomic mass is 10.3. The fourth-order valence-corrected chi connectivity index (χ4v) is 1.95. The van der Waals surface area contributed by atoms with Crippen molar-refractivity contribution in [3.05, 3.63) is 41.2 Å². The lowest BCUT2D eigenvalue weighted by Gasteiger charge is -1.99. The number of aromatic amines is 1. The minimum absolute atomic E-state index is 0.214. The molecule has 19 heavy (non-hydrogen) atoms. The third kappa shape index (κ3) is 1.58. The molecule has 0 saturated heterocycles. The predicted octanol–water partition coefficient (Wildman–Crippen LogP) is 0.624. The van der Waals surface area contributed by atoms with E-state index in [2.05, 4.69) is 9.97 Å². The molecule has 0 radical (unpaired) electrons.